The number of aromatic nitrogens is 1. The first-order chi connectivity index (χ1) is 9.56. The zero-order valence-electron chi connectivity index (χ0n) is 10.3. The molecule has 2 heterocycles. The number of benzene rings is 1. The van der Waals surface area contributed by atoms with Crippen LogP contribution < -0.4 is 4.80 Å². The molecule has 2 aromatic heterocycles. The van der Waals surface area contributed by atoms with Crippen molar-refractivity contribution in [3.63, 3.8) is 0 Å². The summed E-state index contributed by atoms with van der Waals surface area (Å²) in [6.45, 7) is 0. The Balaban J connectivity index is 2.20. The van der Waals surface area contributed by atoms with Crippen LogP contribution in [0.2, 0.25) is 10.0 Å². The van der Waals surface area contributed by atoms with Gasteiger partial charge in [0.1, 0.15) is 0 Å². The highest BCUT2D eigenvalue weighted by molar-refractivity contribution is 7.16. The van der Waals surface area contributed by atoms with Gasteiger partial charge in [-0.15, -0.1) is 0 Å². The van der Waals surface area contributed by atoms with Crippen LogP contribution in [0.1, 0.15) is 10.6 Å². The molecule has 0 bridgehead atoms. The van der Waals surface area contributed by atoms with Gasteiger partial charge in [-0.2, -0.15) is 4.99 Å². The van der Waals surface area contributed by atoms with E-state index in [1.807, 2.05) is 0 Å². The van der Waals surface area contributed by atoms with Crippen LogP contribution in [0.3, 0.4) is 0 Å². The largest absolute Gasteiger partial charge is 0.459 e. The third-order valence-corrected chi connectivity index (χ3v) is 4.33. The van der Waals surface area contributed by atoms with Gasteiger partial charge in [-0.1, -0.05) is 34.5 Å². The lowest BCUT2D eigenvalue weighted by molar-refractivity contribution is 0.0971. The monoisotopic (exact) mass is 326 g/mol. The fraction of sp³-hybridized carbons (Fsp3) is 0.0769. The SMILES string of the molecule is Cn1c(=NC(=O)c2ccco2)sc2cc(Cl)cc(Cl)c21. The summed E-state index contributed by atoms with van der Waals surface area (Å²) >= 11 is 13.5. The van der Waals surface area contributed by atoms with Crippen molar-refractivity contribution in [2.24, 2.45) is 12.0 Å². The highest BCUT2D eigenvalue weighted by Gasteiger charge is 2.11. The van der Waals surface area contributed by atoms with Crippen molar-refractivity contribution in [2.45, 2.75) is 0 Å². The fourth-order valence-corrected chi connectivity index (χ4v) is 3.67. The molecule has 0 unspecified atom stereocenters. The Morgan fingerprint density at radius 3 is 2.90 bits per heavy atom. The first kappa shape index (κ1) is 13.4. The van der Waals surface area contributed by atoms with Gasteiger partial charge < -0.3 is 8.98 Å². The molecular formula is C13H8Cl2N2O2S. The number of rotatable bonds is 1. The van der Waals surface area contributed by atoms with Gasteiger partial charge in [0.2, 0.25) is 0 Å². The molecule has 0 aliphatic carbocycles. The molecule has 0 atom stereocenters. The first-order valence-corrected chi connectivity index (χ1v) is 7.20. The second-order valence-corrected chi connectivity index (χ2v) is 5.93. The lowest BCUT2D eigenvalue weighted by atomic mass is 10.3. The van der Waals surface area contributed by atoms with Gasteiger partial charge >= 0.3 is 5.91 Å². The highest BCUT2D eigenvalue weighted by Crippen LogP contribution is 2.29. The second-order valence-electron chi connectivity index (χ2n) is 4.07. The van der Waals surface area contributed by atoms with Crippen LogP contribution >= 0.6 is 34.5 Å². The van der Waals surface area contributed by atoms with Crippen molar-refractivity contribution in [2.75, 3.05) is 0 Å². The van der Waals surface area contributed by atoms with Gasteiger partial charge in [-0.25, -0.2) is 0 Å². The average Bonchev–Trinajstić information content (AvgIpc) is 2.98. The number of thiazole rings is 1. The Kier molecular flexibility index (Phi) is 3.41. The van der Waals surface area contributed by atoms with Crippen molar-refractivity contribution in [3.05, 3.63) is 51.1 Å². The molecule has 0 aliphatic heterocycles. The predicted molar refractivity (Wildman–Crippen MR) is 79.4 cm³/mol. The van der Waals surface area contributed by atoms with E-state index < -0.39 is 5.91 Å². The number of aryl methyl sites for hydroxylation is 1. The Hall–Kier alpha value is -1.56. The minimum atomic E-state index is -0.431. The second kappa shape index (κ2) is 5.09. The molecule has 1 aromatic carbocycles. The first-order valence-electron chi connectivity index (χ1n) is 5.63. The van der Waals surface area contributed by atoms with Crippen LogP contribution in [-0.4, -0.2) is 10.5 Å². The summed E-state index contributed by atoms with van der Waals surface area (Å²) in [6, 6.07) is 6.67. The normalized spacial score (nSPS) is 12.2. The fourth-order valence-electron chi connectivity index (χ4n) is 1.85. The minimum Gasteiger partial charge on any atom is -0.459 e. The Bertz CT molecular complexity index is 863. The molecule has 4 nitrogen and oxygen atoms in total. The zero-order valence-corrected chi connectivity index (χ0v) is 12.6. The molecule has 7 heteroatoms. The molecule has 0 spiro atoms. The molecule has 3 rings (SSSR count). The van der Waals surface area contributed by atoms with Crippen LogP contribution in [0, 0.1) is 0 Å². The molecule has 0 N–H and O–H groups in total. The number of carbonyl (C=O) groups is 1. The summed E-state index contributed by atoms with van der Waals surface area (Å²) in [5.74, 6) is -0.231. The Morgan fingerprint density at radius 2 is 2.20 bits per heavy atom. The smallest absolute Gasteiger partial charge is 0.315 e. The number of carbonyl (C=O) groups excluding carboxylic acids is 1. The summed E-state index contributed by atoms with van der Waals surface area (Å²) < 4.78 is 7.66. The maximum atomic E-state index is 11.9. The number of halogens is 2. The van der Waals surface area contributed by atoms with Gasteiger partial charge in [-0.3, -0.25) is 4.79 Å². The molecule has 3 aromatic rings. The number of hydrogen-bond donors (Lipinski definition) is 0. The Morgan fingerprint density at radius 1 is 1.40 bits per heavy atom. The lowest BCUT2D eigenvalue weighted by Gasteiger charge is -1.98. The van der Waals surface area contributed by atoms with E-state index in [1.165, 1.54) is 17.6 Å². The number of furan rings is 1. The van der Waals surface area contributed by atoms with Crippen molar-refractivity contribution >= 4 is 50.7 Å². The van der Waals surface area contributed by atoms with E-state index in [0.29, 0.717) is 14.8 Å². The molecule has 0 fully saturated rings. The molecule has 0 aliphatic rings. The van der Waals surface area contributed by atoms with Gasteiger partial charge in [-0.05, 0) is 24.3 Å². The molecular weight excluding hydrogens is 319 g/mol. The maximum Gasteiger partial charge on any atom is 0.315 e. The third-order valence-electron chi connectivity index (χ3n) is 2.75. The number of fused-ring (bicyclic) bond motifs is 1. The van der Waals surface area contributed by atoms with Crippen molar-refractivity contribution < 1.29 is 9.21 Å². The van der Waals surface area contributed by atoms with Crippen LogP contribution in [-0.2, 0) is 7.05 Å². The summed E-state index contributed by atoms with van der Waals surface area (Å²) in [5.41, 5.74) is 0.798. The van der Waals surface area contributed by atoms with E-state index >= 15 is 0 Å². The van der Waals surface area contributed by atoms with E-state index in [0.717, 1.165) is 10.2 Å². The van der Waals surface area contributed by atoms with Crippen LogP contribution in [0.4, 0.5) is 0 Å². The highest BCUT2D eigenvalue weighted by atomic mass is 35.5. The summed E-state index contributed by atoms with van der Waals surface area (Å²) in [6.07, 6.45) is 1.43. The topological polar surface area (TPSA) is 47.5 Å². The van der Waals surface area contributed by atoms with E-state index in [9.17, 15) is 4.79 Å². The Labute approximate surface area is 127 Å². The molecule has 1 amide bonds. The molecule has 0 radical (unpaired) electrons. The minimum absolute atomic E-state index is 0.201. The maximum absolute atomic E-state index is 11.9. The number of hydrogen-bond acceptors (Lipinski definition) is 3. The number of nitrogens with zero attached hydrogens (tertiary/aromatic N) is 2. The zero-order chi connectivity index (χ0) is 14.3. The van der Waals surface area contributed by atoms with Gasteiger partial charge in [0.15, 0.2) is 10.6 Å². The van der Waals surface area contributed by atoms with E-state index in [-0.39, 0.29) is 5.76 Å². The molecule has 0 saturated heterocycles. The molecule has 20 heavy (non-hydrogen) atoms. The van der Waals surface area contributed by atoms with Crippen LogP contribution in [0.25, 0.3) is 10.2 Å². The van der Waals surface area contributed by atoms with Gasteiger partial charge in [0.05, 0.1) is 21.5 Å². The van der Waals surface area contributed by atoms with Crippen LogP contribution in [0.15, 0.2) is 39.9 Å². The van der Waals surface area contributed by atoms with Crippen molar-refractivity contribution in [3.8, 4) is 0 Å². The van der Waals surface area contributed by atoms with Crippen molar-refractivity contribution in [1.82, 2.24) is 4.57 Å². The predicted octanol–water partition coefficient (Wildman–Crippen LogP) is 3.88. The van der Waals surface area contributed by atoms with E-state index in [1.54, 1.807) is 35.9 Å². The van der Waals surface area contributed by atoms with Crippen LogP contribution in [0.5, 0.6) is 0 Å². The van der Waals surface area contributed by atoms with Gasteiger partial charge in [0.25, 0.3) is 0 Å². The standard InChI is InChI=1S/C13H8Cl2N2O2S/c1-17-11-8(15)5-7(14)6-10(11)20-13(17)16-12(18)9-3-2-4-19-9/h2-6H,1H3. The van der Waals surface area contributed by atoms with E-state index in [4.69, 9.17) is 27.6 Å². The number of amides is 1. The molecule has 0 saturated carbocycles. The summed E-state index contributed by atoms with van der Waals surface area (Å²) in [7, 11) is 1.80. The average molecular weight is 327 g/mol. The summed E-state index contributed by atoms with van der Waals surface area (Å²) in [4.78, 5) is 16.5. The summed E-state index contributed by atoms with van der Waals surface area (Å²) in [5, 5.41) is 1.08. The third kappa shape index (κ3) is 2.28. The lowest BCUT2D eigenvalue weighted by Crippen LogP contribution is -2.13. The molecule has 102 valence electrons. The quantitative estimate of drug-likeness (QED) is 0.681. The van der Waals surface area contributed by atoms with E-state index in [2.05, 4.69) is 4.99 Å². The van der Waals surface area contributed by atoms with Crippen molar-refractivity contribution in [1.29, 1.82) is 0 Å². The van der Waals surface area contributed by atoms with Gasteiger partial charge in [0, 0.05) is 12.1 Å².